The molecule has 2 aromatic rings. The molecule has 0 radical (unpaired) electrons. The van der Waals surface area contributed by atoms with Crippen molar-refractivity contribution >= 4 is 23.0 Å². The molecule has 0 aliphatic carbocycles. The van der Waals surface area contributed by atoms with Gasteiger partial charge in [0.15, 0.2) is 5.11 Å². The molecule has 1 atom stereocenters. The molecular weight excluding hydrogens is 311 g/mol. The van der Waals surface area contributed by atoms with Crippen LogP contribution in [0.5, 0.6) is 5.75 Å². The summed E-state index contributed by atoms with van der Waals surface area (Å²) in [5, 5.41) is 6.88. The summed E-state index contributed by atoms with van der Waals surface area (Å²) in [5.41, 5.74) is 2.99. The van der Waals surface area contributed by atoms with Gasteiger partial charge in [0.1, 0.15) is 11.6 Å². The molecule has 0 aliphatic rings. The van der Waals surface area contributed by atoms with Crippen molar-refractivity contribution in [2.45, 2.75) is 26.3 Å². The number of nitrogens with one attached hydrogen (secondary N) is 2. The summed E-state index contributed by atoms with van der Waals surface area (Å²) >= 11 is 5.35. The molecule has 1 unspecified atom stereocenters. The Balaban J connectivity index is 2.05. The first-order valence-corrected chi connectivity index (χ1v) is 7.92. The Hall–Kier alpha value is -2.14. The standard InChI is InChI=1S/C18H21FN2OS/c1-4-16(13-5-10-17(22-3)12(2)11-13)21-18(23)20-15-8-6-14(19)7-9-15/h5-11,16H,4H2,1-3H3,(H2,20,21,23). The van der Waals surface area contributed by atoms with Crippen molar-refractivity contribution in [2.24, 2.45) is 0 Å². The van der Waals surface area contributed by atoms with Gasteiger partial charge in [-0.05, 0) is 67.0 Å². The van der Waals surface area contributed by atoms with E-state index in [9.17, 15) is 4.39 Å². The zero-order valence-electron chi connectivity index (χ0n) is 13.5. The van der Waals surface area contributed by atoms with Crippen molar-refractivity contribution in [3.8, 4) is 5.75 Å². The van der Waals surface area contributed by atoms with Gasteiger partial charge in [-0.15, -0.1) is 0 Å². The smallest absolute Gasteiger partial charge is 0.171 e. The normalized spacial score (nSPS) is 11.7. The molecule has 2 N–H and O–H groups in total. The summed E-state index contributed by atoms with van der Waals surface area (Å²) in [6.45, 7) is 4.11. The molecule has 5 heteroatoms. The Morgan fingerprint density at radius 2 is 1.91 bits per heavy atom. The SMILES string of the molecule is CCC(NC(=S)Nc1ccc(F)cc1)c1ccc(OC)c(C)c1. The Bertz CT molecular complexity index is 673. The number of anilines is 1. The van der Waals surface area contributed by atoms with E-state index in [1.807, 2.05) is 19.1 Å². The minimum atomic E-state index is -0.269. The third-order valence-corrected chi connectivity index (χ3v) is 3.86. The lowest BCUT2D eigenvalue weighted by molar-refractivity contribution is 0.411. The van der Waals surface area contributed by atoms with Crippen LogP contribution < -0.4 is 15.4 Å². The first kappa shape index (κ1) is 17.2. The van der Waals surface area contributed by atoms with E-state index >= 15 is 0 Å². The van der Waals surface area contributed by atoms with Crippen LogP contribution in [-0.2, 0) is 0 Å². The topological polar surface area (TPSA) is 33.3 Å². The van der Waals surface area contributed by atoms with Gasteiger partial charge >= 0.3 is 0 Å². The fourth-order valence-electron chi connectivity index (χ4n) is 2.40. The van der Waals surface area contributed by atoms with Crippen LogP contribution >= 0.6 is 12.2 Å². The van der Waals surface area contributed by atoms with Crippen LogP contribution in [0, 0.1) is 12.7 Å². The van der Waals surface area contributed by atoms with Gasteiger partial charge in [0, 0.05) is 5.69 Å². The second kappa shape index (κ2) is 7.92. The number of halogens is 1. The molecule has 3 nitrogen and oxygen atoms in total. The van der Waals surface area contributed by atoms with E-state index in [0.29, 0.717) is 5.11 Å². The van der Waals surface area contributed by atoms with E-state index in [1.165, 1.54) is 12.1 Å². The number of thiocarbonyl (C=S) groups is 1. The molecular formula is C18H21FN2OS. The van der Waals surface area contributed by atoms with Crippen molar-refractivity contribution in [3.63, 3.8) is 0 Å². The summed E-state index contributed by atoms with van der Waals surface area (Å²) in [7, 11) is 1.67. The van der Waals surface area contributed by atoms with E-state index in [1.54, 1.807) is 19.2 Å². The lowest BCUT2D eigenvalue weighted by Crippen LogP contribution is -2.32. The van der Waals surface area contributed by atoms with Gasteiger partial charge in [0.2, 0.25) is 0 Å². The molecule has 0 spiro atoms. The summed E-state index contributed by atoms with van der Waals surface area (Å²) in [6, 6.07) is 12.3. The maximum atomic E-state index is 12.9. The number of rotatable bonds is 5. The van der Waals surface area contributed by atoms with Gasteiger partial charge in [-0.1, -0.05) is 19.1 Å². The zero-order valence-corrected chi connectivity index (χ0v) is 14.3. The van der Waals surface area contributed by atoms with Crippen molar-refractivity contribution < 1.29 is 9.13 Å². The van der Waals surface area contributed by atoms with Crippen molar-refractivity contribution in [3.05, 3.63) is 59.4 Å². The first-order chi connectivity index (χ1) is 11.0. The Labute approximate surface area is 141 Å². The fraction of sp³-hybridized carbons (Fsp3) is 0.278. The van der Waals surface area contributed by atoms with Crippen molar-refractivity contribution in [1.29, 1.82) is 0 Å². The second-order valence-electron chi connectivity index (χ2n) is 5.30. The summed E-state index contributed by atoms with van der Waals surface area (Å²) in [5.74, 6) is 0.602. The Morgan fingerprint density at radius 1 is 1.22 bits per heavy atom. The van der Waals surface area contributed by atoms with Gasteiger partial charge in [-0.2, -0.15) is 0 Å². The molecule has 0 fully saturated rings. The van der Waals surface area contributed by atoms with E-state index in [2.05, 4.69) is 23.6 Å². The van der Waals surface area contributed by atoms with Gasteiger partial charge in [0.25, 0.3) is 0 Å². The van der Waals surface area contributed by atoms with Crippen molar-refractivity contribution in [2.75, 3.05) is 12.4 Å². The predicted octanol–water partition coefficient (Wildman–Crippen LogP) is 4.58. The van der Waals surface area contributed by atoms with Crippen molar-refractivity contribution in [1.82, 2.24) is 5.32 Å². The van der Waals surface area contributed by atoms with E-state index in [0.717, 1.165) is 29.0 Å². The molecule has 0 saturated carbocycles. The molecule has 0 saturated heterocycles. The third kappa shape index (κ3) is 4.66. The molecule has 23 heavy (non-hydrogen) atoms. The maximum Gasteiger partial charge on any atom is 0.171 e. The largest absolute Gasteiger partial charge is 0.496 e. The summed E-state index contributed by atoms with van der Waals surface area (Å²) in [6.07, 6.45) is 0.886. The van der Waals surface area contributed by atoms with Crippen LogP contribution in [0.2, 0.25) is 0 Å². The van der Waals surface area contributed by atoms with Crippen LogP contribution in [0.15, 0.2) is 42.5 Å². The van der Waals surface area contributed by atoms with Crippen LogP contribution in [0.4, 0.5) is 10.1 Å². The monoisotopic (exact) mass is 332 g/mol. The zero-order chi connectivity index (χ0) is 16.8. The predicted molar refractivity (Wildman–Crippen MR) is 96.5 cm³/mol. The van der Waals surface area contributed by atoms with Crippen LogP contribution in [0.25, 0.3) is 0 Å². The van der Waals surface area contributed by atoms with E-state index < -0.39 is 0 Å². The average Bonchev–Trinajstić information content (AvgIpc) is 2.54. The van der Waals surface area contributed by atoms with Crippen LogP contribution in [-0.4, -0.2) is 12.2 Å². The lowest BCUT2D eigenvalue weighted by Gasteiger charge is -2.21. The summed E-state index contributed by atoms with van der Waals surface area (Å²) < 4.78 is 18.2. The number of hydrogen-bond donors (Lipinski definition) is 2. The maximum absolute atomic E-state index is 12.9. The summed E-state index contributed by atoms with van der Waals surface area (Å²) in [4.78, 5) is 0. The quantitative estimate of drug-likeness (QED) is 0.785. The molecule has 2 aromatic carbocycles. The van der Waals surface area contributed by atoms with E-state index in [-0.39, 0.29) is 11.9 Å². The Morgan fingerprint density at radius 3 is 2.48 bits per heavy atom. The highest BCUT2D eigenvalue weighted by Gasteiger charge is 2.12. The number of benzene rings is 2. The van der Waals surface area contributed by atoms with Gasteiger partial charge in [-0.3, -0.25) is 0 Å². The molecule has 0 bridgehead atoms. The highest BCUT2D eigenvalue weighted by Crippen LogP contribution is 2.24. The number of aryl methyl sites for hydroxylation is 1. The van der Waals surface area contributed by atoms with Gasteiger partial charge in [-0.25, -0.2) is 4.39 Å². The van der Waals surface area contributed by atoms with E-state index in [4.69, 9.17) is 17.0 Å². The molecule has 0 amide bonds. The second-order valence-corrected chi connectivity index (χ2v) is 5.70. The van der Waals surface area contributed by atoms with Gasteiger partial charge < -0.3 is 15.4 Å². The molecule has 122 valence electrons. The number of hydrogen-bond acceptors (Lipinski definition) is 2. The van der Waals surface area contributed by atoms with Crippen LogP contribution in [0.3, 0.4) is 0 Å². The molecule has 2 rings (SSSR count). The average molecular weight is 332 g/mol. The fourth-order valence-corrected chi connectivity index (χ4v) is 2.66. The minimum Gasteiger partial charge on any atom is -0.496 e. The minimum absolute atomic E-state index is 0.0973. The molecule has 0 aromatic heterocycles. The highest BCUT2D eigenvalue weighted by molar-refractivity contribution is 7.80. The number of ether oxygens (including phenoxy) is 1. The molecule has 0 heterocycles. The first-order valence-electron chi connectivity index (χ1n) is 7.51. The lowest BCUT2D eigenvalue weighted by atomic mass is 10.0. The number of methoxy groups -OCH3 is 1. The van der Waals surface area contributed by atoms with Gasteiger partial charge in [0.05, 0.1) is 13.2 Å². The third-order valence-electron chi connectivity index (χ3n) is 3.64. The Kier molecular flexibility index (Phi) is 5.93. The van der Waals surface area contributed by atoms with Crippen LogP contribution in [0.1, 0.15) is 30.5 Å². The highest BCUT2D eigenvalue weighted by atomic mass is 32.1. The molecule has 0 aliphatic heterocycles.